The van der Waals surface area contributed by atoms with E-state index in [0.29, 0.717) is 0 Å². The number of hydrogen-bond donors (Lipinski definition) is 2. The predicted octanol–water partition coefficient (Wildman–Crippen LogP) is 2.67. The number of nitrogens with one attached hydrogen (secondary N) is 1. The van der Waals surface area contributed by atoms with Crippen molar-refractivity contribution in [2.45, 2.75) is 39.2 Å². The average molecular weight is 285 g/mol. The van der Waals surface area contributed by atoms with Crippen molar-refractivity contribution in [2.24, 2.45) is 0 Å². The van der Waals surface area contributed by atoms with Crippen molar-refractivity contribution < 1.29 is 14.6 Å². The Labute approximate surface area is 118 Å². The Morgan fingerprint density at radius 3 is 2.79 bits per heavy atom. The molecule has 0 aliphatic carbocycles. The van der Waals surface area contributed by atoms with Gasteiger partial charge in [-0.2, -0.15) is 0 Å². The van der Waals surface area contributed by atoms with Crippen molar-refractivity contribution in [3.63, 3.8) is 0 Å². The predicted molar refractivity (Wildman–Crippen MR) is 77.7 cm³/mol. The molecule has 0 saturated carbocycles. The number of aliphatic carboxylic acids is 1. The Kier molecular flexibility index (Phi) is 8.45. The van der Waals surface area contributed by atoms with Gasteiger partial charge in [0.05, 0.1) is 6.42 Å². The summed E-state index contributed by atoms with van der Waals surface area (Å²) in [6, 6.07) is 3.89. The summed E-state index contributed by atoms with van der Waals surface area (Å²) in [6.07, 6.45) is 3.44. The van der Waals surface area contributed by atoms with Crippen LogP contribution in [0.15, 0.2) is 12.1 Å². The van der Waals surface area contributed by atoms with Crippen molar-refractivity contribution in [2.75, 3.05) is 19.8 Å². The highest BCUT2D eigenvalue weighted by molar-refractivity contribution is 7.12. The lowest BCUT2D eigenvalue weighted by Gasteiger charge is -2.04. The molecule has 19 heavy (non-hydrogen) atoms. The van der Waals surface area contributed by atoms with E-state index in [1.165, 1.54) is 11.3 Å². The van der Waals surface area contributed by atoms with Crippen LogP contribution in [-0.2, 0) is 22.5 Å². The van der Waals surface area contributed by atoms with Gasteiger partial charge in [0.2, 0.25) is 0 Å². The molecule has 0 aliphatic rings. The number of rotatable bonds is 11. The van der Waals surface area contributed by atoms with Crippen LogP contribution in [0.4, 0.5) is 0 Å². The molecule has 0 aliphatic heterocycles. The summed E-state index contributed by atoms with van der Waals surface area (Å²) in [4.78, 5) is 12.7. The molecule has 2 N–H and O–H groups in total. The second-order valence-electron chi connectivity index (χ2n) is 4.43. The second-order valence-corrected chi connectivity index (χ2v) is 5.69. The van der Waals surface area contributed by atoms with Gasteiger partial charge in [0.15, 0.2) is 0 Å². The Hall–Kier alpha value is -0.910. The Bertz CT molecular complexity index is 365. The molecule has 0 saturated heterocycles. The summed E-state index contributed by atoms with van der Waals surface area (Å²) in [5.41, 5.74) is 0. The van der Waals surface area contributed by atoms with Crippen LogP contribution in [0.1, 0.15) is 35.9 Å². The minimum Gasteiger partial charge on any atom is -0.481 e. The van der Waals surface area contributed by atoms with E-state index in [9.17, 15) is 4.79 Å². The summed E-state index contributed by atoms with van der Waals surface area (Å²) in [6.45, 7) is 5.56. The van der Waals surface area contributed by atoms with Gasteiger partial charge in [0.25, 0.3) is 0 Å². The van der Waals surface area contributed by atoms with Gasteiger partial charge in [-0.15, -0.1) is 11.3 Å². The lowest BCUT2D eigenvalue weighted by atomic mass is 10.3. The maximum Gasteiger partial charge on any atom is 0.308 e. The molecule has 0 radical (unpaired) electrons. The van der Waals surface area contributed by atoms with Crippen LogP contribution < -0.4 is 5.32 Å². The minimum absolute atomic E-state index is 0.121. The van der Waals surface area contributed by atoms with Crippen LogP contribution in [-0.4, -0.2) is 30.8 Å². The van der Waals surface area contributed by atoms with E-state index in [1.807, 2.05) is 12.1 Å². The van der Waals surface area contributed by atoms with E-state index in [1.54, 1.807) is 11.3 Å². The number of carboxylic acids is 1. The lowest BCUT2D eigenvalue weighted by molar-refractivity contribution is -0.136. The molecular formula is C14H23NO3S. The van der Waals surface area contributed by atoms with Gasteiger partial charge in [-0.05, 0) is 31.5 Å². The van der Waals surface area contributed by atoms with Crippen LogP contribution in [0.5, 0.6) is 0 Å². The van der Waals surface area contributed by atoms with Crippen molar-refractivity contribution >= 4 is 17.3 Å². The third kappa shape index (κ3) is 7.97. The fourth-order valence-electron chi connectivity index (χ4n) is 1.62. The zero-order valence-electron chi connectivity index (χ0n) is 11.5. The number of carbonyl (C=O) groups is 1. The number of hydrogen-bond acceptors (Lipinski definition) is 4. The molecule has 0 amide bonds. The highest BCUT2D eigenvalue weighted by Gasteiger charge is 2.04. The monoisotopic (exact) mass is 285 g/mol. The summed E-state index contributed by atoms with van der Waals surface area (Å²) in [5, 5.41) is 12.0. The third-order valence-corrected chi connectivity index (χ3v) is 3.71. The van der Waals surface area contributed by atoms with Crippen molar-refractivity contribution in [1.82, 2.24) is 5.32 Å². The van der Waals surface area contributed by atoms with Crippen LogP contribution in [0, 0.1) is 0 Å². The highest BCUT2D eigenvalue weighted by Crippen LogP contribution is 2.16. The van der Waals surface area contributed by atoms with Gasteiger partial charge in [0, 0.05) is 29.5 Å². The average Bonchev–Trinajstić information content (AvgIpc) is 2.79. The first kappa shape index (κ1) is 16.1. The van der Waals surface area contributed by atoms with Gasteiger partial charge in [-0.1, -0.05) is 13.3 Å². The largest absolute Gasteiger partial charge is 0.481 e. The lowest BCUT2D eigenvalue weighted by Crippen LogP contribution is -2.15. The zero-order valence-corrected chi connectivity index (χ0v) is 12.3. The molecule has 0 aromatic carbocycles. The third-order valence-electron chi connectivity index (χ3n) is 2.63. The molecule has 1 rings (SSSR count). The Balaban J connectivity index is 2.03. The fraction of sp³-hybridized carbons (Fsp3) is 0.643. The van der Waals surface area contributed by atoms with Gasteiger partial charge < -0.3 is 15.2 Å². The molecule has 0 bridgehead atoms. The van der Waals surface area contributed by atoms with Crippen molar-refractivity contribution in [3.05, 3.63) is 21.9 Å². The van der Waals surface area contributed by atoms with Crippen LogP contribution in [0.2, 0.25) is 0 Å². The Morgan fingerprint density at radius 1 is 1.32 bits per heavy atom. The highest BCUT2D eigenvalue weighted by atomic mass is 32.1. The zero-order chi connectivity index (χ0) is 13.9. The normalized spacial score (nSPS) is 10.8. The van der Waals surface area contributed by atoms with Gasteiger partial charge in [-0.25, -0.2) is 0 Å². The molecule has 5 heteroatoms. The molecule has 0 atom stereocenters. The van der Waals surface area contributed by atoms with Crippen molar-refractivity contribution in [1.29, 1.82) is 0 Å². The molecule has 1 aromatic heterocycles. The van der Waals surface area contributed by atoms with Crippen LogP contribution >= 0.6 is 11.3 Å². The number of carboxylic acid groups (broad SMARTS) is 1. The SMILES string of the molecule is CCCCOCCCNCc1ccc(CC(=O)O)s1. The van der Waals surface area contributed by atoms with E-state index in [-0.39, 0.29) is 6.42 Å². The summed E-state index contributed by atoms with van der Waals surface area (Å²) in [5.74, 6) is -0.773. The molecular weight excluding hydrogens is 262 g/mol. The maximum absolute atomic E-state index is 10.6. The van der Waals surface area contributed by atoms with E-state index in [0.717, 1.165) is 44.0 Å². The summed E-state index contributed by atoms with van der Waals surface area (Å²) in [7, 11) is 0. The van der Waals surface area contributed by atoms with Crippen LogP contribution in [0.3, 0.4) is 0 Å². The summed E-state index contributed by atoms with van der Waals surface area (Å²) < 4.78 is 5.47. The molecule has 0 fully saturated rings. The van der Waals surface area contributed by atoms with Gasteiger partial charge in [-0.3, -0.25) is 4.79 Å². The second kappa shape index (κ2) is 9.95. The van der Waals surface area contributed by atoms with Crippen LogP contribution in [0.25, 0.3) is 0 Å². The first-order valence-corrected chi connectivity index (χ1v) is 7.62. The smallest absolute Gasteiger partial charge is 0.308 e. The topological polar surface area (TPSA) is 58.6 Å². The summed E-state index contributed by atoms with van der Waals surface area (Å²) >= 11 is 1.56. The molecule has 4 nitrogen and oxygen atoms in total. The standard InChI is InChI=1S/C14H23NO3S/c1-2-3-8-18-9-4-7-15-11-13-6-5-12(19-13)10-14(16)17/h5-6,15H,2-4,7-11H2,1H3,(H,16,17). The first-order chi connectivity index (χ1) is 9.22. The minimum atomic E-state index is -0.773. The molecule has 1 heterocycles. The number of unbranched alkanes of at least 4 members (excludes halogenated alkanes) is 1. The van der Waals surface area contributed by atoms with E-state index in [4.69, 9.17) is 9.84 Å². The van der Waals surface area contributed by atoms with Gasteiger partial charge >= 0.3 is 5.97 Å². The van der Waals surface area contributed by atoms with E-state index in [2.05, 4.69) is 12.2 Å². The first-order valence-electron chi connectivity index (χ1n) is 6.80. The maximum atomic E-state index is 10.6. The number of thiophene rings is 1. The van der Waals surface area contributed by atoms with E-state index < -0.39 is 5.97 Å². The van der Waals surface area contributed by atoms with Crippen molar-refractivity contribution in [3.8, 4) is 0 Å². The molecule has 1 aromatic rings. The van der Waals surface area contributed by atoms with Gasteiger partial charge in [0.1, 0.15) is 0 Å². The molecule has 0 spiro atoms. The Morgan fingerprint density at radius 2 is 2.05 bits per heavy atom. The number of ether oxygens (including phenoxy) is 1. The van der Waals surface area contributed by atoms with E-state index >= 15 is 0 Å². The fourth-order valence-corrected chi connectivity index (χ4v) is 2.60. The molecule has 0 unspecified atom stereocenters. The quantitative estimate of drug-likeness (QED) is 0.614. The molecule has 108 valence electrons.